The van der Waals surface area contributed by atoms with E-state index in [-0.39, 0.29) is 12.1 Å². The molecule has 4 heteroatoms. The Labute approximate surface area is 88.3 Å². The van der Waals surface area contributed by atoms with Crippen molar-refractivity contribution >= 4 is 5.69 Å². The van der Waals surface area contributed by atoms with Gasteiger partial charge in [-0.3, -0.25) is 0 Å². The van der Waals surface area contributed by atoms with Gasteiger partial charge < -0.3 is 10.4 Å². The molecule has 0 radical (unpaired) electrons. The monoisotopic (exact) mass is 210 g/mol. The van der Waals surface area contributed by atoms with Gasteiger partial charge in [0, 0.05) is 18.0 Å². The van der Waals surface area contributed by atoms with Crippen LogP contribution in [-0.4, -0.2) is 22.2 Å². The molecule has 1 aromatic heterocycles. The highest BCUT2D eigenvalue weighted by atomic mass is 19.1. The van der Waals surface area contributed by atoms with Gasteiger partial charge in [0.25, 0.3) is 0 Å². The maximum atomic E-state index is 12.8. The normalized spacial score (nSPS) is 26.3. The van der Waals surface area contributed by atoms with Gasteiger partial charge in [0.2, 0.25) is 5.95 Å². The number of aliphatic hydroxyl groups excluding tert-OH is 1. The van der Waals surface area contributed by atoms with E-state index in [1.54, 1.807) is 6.07 Å². The van der Waals surface area contributed by atoms with Crippen molar-refractivity contribution < 1.29 is 9.50 Å². The van der Waals surface area contributed by atoms with Gasteiger partial charge in [0.1, 0.15) is 0 Å². The summed E-state index contributed by atoms with van der Waals surface area (Å²) in [5, 5.41) is 12.9. The molecular weight excluding hydrogens is 195 g/mol. The number of nitrogens with one attached hydrogen (secondary N) is 1. The Bertz CT molecular complexity index is 332. The first-order valence-electron chi connectivity index (χ1n) is 5.32. The molecule has 82 valence electrons. The third-order valence-corrected chi connectivity index (χ3v) is 2.81. The fourth-order valence-corrected chi connectivity index (χ4v) is 1.99. The van der Waals surface area contributed by atoms with Crippen molar-refractivity contribution in [1.82, 2.24) is 4.98 Å². The predicted octanol–water partition coefficient (Wildman–Crippen LogP) is 1.94. The second-order valence-electron chi connectivity index (χ2n) is 3.97. The molecule has 2 rings (SSSR count). The lowest BCUT2D eigenvalue weighted by atomic mass is 9.92. The van der Waals surface area contributed by atoms with E-state index in [0.29, 0.717) is 5.69 Å². The van der Waals surface area contributed by atoms with Crippen LogP contribution in [0.5, 0.6) is 0 Å². The number of rotatable bonds is 2. The maximum Gasteiger partial charge on any atom is 0.214 e. The van der Waals surface area contributed by atoms with Crippen LogP contribution in [0.4, 0.5) is 10.1 Å². The van der Waals surface area contributed by atoms with E-state index in [9.17, 15) is 9.50 Å². The van der Waals surface area contributed by atoms with Gasteiger partial charge in [-0.1, -0.05) is 12.8 Å². The number of halogens is 1. The minimum Gasteiger partial charge on any atom is -0.391 e. The second-order valence-corrected chi connectivity index (χ2v) is 3.97. The lowest BCUT2D eigenvalue weighted by Gasteiger charge is -2.29. The van der Waals surface area contributed by atoms with Gasteiger partial charge in [-0.15, -0.1) is 0 Å². The largest absolute Gasteiger partial charge is 0.391 e. The number of pyridine rings is 1. The SMILES string of the molecule is OC1CCCCC1Nc1ccnc(F)c1. The Kier molecular flexibility index (Phi) is 3.16. The number of nitrogens with zero attached hydrogens (tertiary/aromatic N) is 1. The van der Waals surface area contributed by atoms with Crippen molar-refractivity contribution in [3.8, 4) is 0 Å². The third kappa shape index (κ3) is 2.65. The van der Waals surface area contributed by atoms with Gasteiger partial charge in [0.05, 0.1) is 12.1 Å². The molecule has 0 saturated heterocycles. The molecule has 0 spiro atoms. The quantitative estimate of drug-likeness (QED) is 0.733. The lowest BCUT2D eigenvalue weighted by Crippen LogP contribution is -2.36. The van der Waals surface area contributed by atoms with Gasteiger partial charge in [-0.2, -0.15) is 4.39 Å². The summed E-state index contributed by atoms with van der Waals surface area (Å²) in [4.78, 5) is 3.48. The second kappa shape index (κ2) is 4.57. The van der Waals surface area contributed by atoms with Gasteiger partial charge >= 0.3 is 0 Å². The van der Waals surface area contributed by atoms with Crippen LogP contribution < -0.4 is 5.32 Å². The minimum atomic E-state index is -0.495. The number of aliphatic hydroxyl groups is 1. The van der Waals surface area contributed by atoms with E-state index in [1.165, 1.54) is 12.3 Å². The van der Waals surface area contributed by atoms with Crippen LogP contribution in [0.25, 0.3) is 0 Å². The zero-order valence-electron chi connectivity index (χ0n) is 8.49. The Balaban J connectivity index is 2.01. The lowest BCUT2D eigenvalue weighted by molar-refractivity contribution is 0.116. The average molecular weight is 210 g/mol. The molecule has 1 aromatic rings. The summed E-state index contributed by atoms with van der Waals surface area (Å²) < 4.78 is 12.8. The molecule has 1 aliphatic carbocycles. The molecule has 0 aromatic carbocycles. The number of hydrogen-bond donors (Lipinski definition) is 2. The molecule has 15 heavy (non-hydrogen) atoms. The van der Waals surface area contributed by atoms with Crippen molar-refractivity contribution in [2.75, 3.05) is 5.32 Å². The van der Waals surface area contributed by atoms with Crippen molar-refractivity contribution in [3.05, 3.63) is 24.3 Å². The summed E-state index contributed by atoms with van der Waals surface area (Å²) in [6.07, 6.45) is 5.05. The van der Waals surface area contributed by atoms with E-state index in [0.717, 1.165) is 25.7 Å². The Hall–Kier alpha value is -1.16. The fourth-order valence-electron chi connectivity index (χ4n) is 1.99. The van der Waals surface area contributed by atoms with Gasteiger partial charge in [-0.05, 0) is 18.9 Å². The van der Waals surface area contributed by atoms with Gasteiger partial charge in [0.15, 0.2) is 0 Å². The summed E-state index contributed by atoms with van der Waals surface area (Å²) in [5.74, 6) is -0.495. The molecule has 0 aliphatic heterocycles. The molecule has 3 nitrogen and oxygen atoms in total. The van der Waals surface area contributed by atoms with Crippen LogP contribution in [0.3, 0.4) is 0 Å². The van der Waals surface area contributed by atoms with Crippen LogP contribution in [0.15, 0.2) is 18.3 Å². The smallest absolute Gasteiger partial charge is 0.214 e. The molecule has 1 fully saturated rings. The summed E-state index contributed by atoms with van der Waals surface area (Å²) >= 11 is 0. The summed E-state index contributed by atoms with van der Waals surface area (Å²) in [7, 11) is 0. The van der Waals surface area contributed by atoms with Crippen LogP contribution in [0.2, 0.25) is 0 Å². The molecular formula is C11H15FN2O. The first kappa shape index (κ1) is 10.4. The van der Waals surface area contributed by atoms with Crippen LogP contribution in [0.1, 0.15) is 25.7 Å². The summed E-state index contributed by atoms with van der Waals surface area (Å²) in [6.45, 7) is 0. The van der Waals surface area contributed by atoms with E-state index in [2.05, 4.69) is 10.3 Å². The Morgan fingerprint density at radius 3 is 2.93 bits per heavy atom. The highest BCUT2D eigenvalue weighted by Gasteiger charge is 2.22. The zero-order chi connectivity index (χ0) is 10.7. The number of aromatic nitrogens is 1. The molecule has 1 aliphatic rings. The summed E-state index contributed by atoms with van der Waals surface area (Å²) in [5.41, 5.74) is 0.688. The zero-order valence-corrected chi connectivity index (χ0v) is 8.49. The molecule has 0 bridgehead atoms. The molecule has 2 unspecified atom stereocenters. The predicted molar refractivity (Wildman–Crippen MR) is 56.1 cm³/mol. The topological polar surface area (TPSA) is 45.1 Å². The van der Waals surface area contributed by atoms with Crippen molar-refractivity contribution in [2.24, 2.45) is 0 Å². The highest BCUT2D eigenvalue weighted by molar-refractivity contribution is 5.42. The van der Waals surface area contributed by atoms with Crippen molar-refractivity contribution in [3.63, 3.8) is 0 Å². The van der Waals surface area contributed by atoms with Crippen LogP contribution in [-0.2, 0) is 0 Å². The van der Waals surface area contributed by atoms with Crippen LogP contribution in [0, 0.1) is 5.95 Å². The molecule has 2 atom stereocenters. The third-order valence-electron chi connectivity index (χ3n) is 2.81. The number of hydrogen-bond acceptors (Lipinski definition) is 3. The maximum absolute atomic E-state index is 12.8. The van der Waals surface area contributed by atoms with Crippen molar-refractivity contribution in [1.29, 1.82) is 0 Å². The summed E-state index contributed by atoms with van der Waals surface area (Å²) in [6, 6.07) is 3.10. The molecule has 1 heterocycles. The van der Waals surface area contributed by atoms with E-state index in [1.807, 2.05) is 0 Å². The minimum absolute atomic E-state index is 0.0422. The van der Waals surface area contributed by atoms with Crippen molar-refractivity contribution in [2.45, 2.75) is 37.8 Å². The van der Waals surface area contributed by atoms with E-state index in [4.69, 9.17) is 0 Å². The molecule has 2 N–H and O–H groups in total. The number of anilines is 1. The highest BCUT2D eigenvalue weighted by Crippen LogP contribution is 2.22. The first-order chi connectivity index (χ1) is 7.25. The van der Waals surface area contributed by atoms with E-state index < -0.39 is 5.95 Å². The van der Waals surface area contributed by atoms with E-state index >= 15 is 0 Å². The van der Waals surface area contributed by atoms with Crippen LogP contribution >= 0.6 is 0 Å². The first-order valence-corrected chi connectivity index (χ1v) is 5.32. The molecule has 1 saturated carbocycles. The Morgan fingerprint density at radius 2 is 2.20 bits per heavy atom. The van der Waals surface area contributed by atoms with Gasteiger partial charge in [-0.25, -0.2) is 4.98 Å². The molecule has 0 amide bonds. The Morgan fingerprint density at radius 1 is 1.40 bits per heavy atom. The average Bonchev–Trinajstić information content (AvgIpc) is 2.22. The fraction of sp³-hybridized carbons (Fsp3) is 0.545. The standard InChI is InChI=1S/C11H15FN2O/c12-11-7-8(5-6-13-11)14-9-3-1-2-4-10(9)15/h5-7,9-10,15H,1-4H2,(H,13,14).